The second-order valence-electron chi connectivity index (χ2n) is 4.96. The summed E-state index contributed by atoms with van der Waals surface area (Å²) < 4.78 is 5.28. The van der Waals surface area contributed by atoms with Crippen LogP contribution in [0.15, 0.2) is 40.3 Å². The lowest BCUT2D eigenvalue weighted by atomic mass is 10.2. The van der Waals surface area contributed by atoms with Crippen molar-refractivity contribution >= 4 is 23.6 Å². The van der Waals surface area contributed by atoms with E-state index < -0.39 is 0 Å². The van der Waals surface area contributed by atoms with Crippen LogP contribution in [0.3, 0.4) is 0 Å². The highest BCUT2D eigenvalue weighted by atomic mass is 32.2. The lowest BCUT2D eigenvalue weighted by molar-refractivity contribution is -0.127. The zero-order valence-corrected chi connectivity index (χ0v) is 13.7. The van der Waals surface area contributed by atoms with Crippen LogP contribution < -0.4 is 5.73 Å². The molecule has 3 heterocycles. The highest BCUT2D eigenvalue weighted by Gasteiger charge is 2.15. The van der Waals surface area contributed by atoms with Gasteiger partial charge >= 0.3 is 0 Å². The number of anilines is 1. The molecular formula is C14H15N7O2S. The van der Waals surface area contributed by atoms with E-state index in [-0.39, 0.29) is 17.6 Å². The Balaban J connectivity index is 1.55. The predicted octanol–water partition coefficient (Wildman–Crippen LogP) is 1.19. The van der Waals surface area contributed by atoms with Gasteiger partial charge in [0.2, 0.25) is 17.0 Å². The molecule has 0 aliphatic rings. The van der Waals surface area contributed by atoms with Crippen molar-refractivity contribution in [2.45, 2.75) is 11.7 Å². The second kappa shape index (κ2) is 7.13. The summed E-state index contributed by atoms with van der Waals surface area (Å²) in [6.45, 7) is 0.322. The molecule has 0 fully saturated rings. The number of nitrogens with zero attached hydrogens (tertiary/aromatic N) is 5. The number of aromatic nitrogens is 5. The molecule has 0 saturated carbocycles. The Hall–Kier alpha value is -2.88. The molecule has 24 heavy (non-hydrogen) atoms. The van der Waals surface area contributed by atoms with E-state index in [2.05, 4.69) is 25.3 Å². The summed E-state index contributed by atoms with van der Waals surface area (Å²) in [4.78, 5) is 21.7. The third-order valence-electron chi connectivity index (χ3n) is 3.14. The van der Waals surface area contributed by atoms with Gasteiger partial charge in [0, 0.05) is 31.1 Å². The van der Waals surface area contributed by atoms with E-state index in [0.29, 0.717) is 23.2 Å². The maximum absolute atomic E-state index is 12.1. The Bertz CT molecular complexity index is 817. The molecule has 0 unspecified atom stereocenters. The van der Waals surface area contributed by atoms with Crippen LogP contribution in [0, 0.1) is 0 Å². The van der Waals surface area contributed by atoms with Crippen molar-refractivity contribution in [2.24, 2.45) is 0 Å². The van der Waals surface area contributed by atoms with Crippen molar-refractivity contribution in [3.05, 3.63) is 36.4 Å². The van der Waals surface area contributed by atoms with Crippen LogP contribution in [-0.4, -0.2) is 48.9 Å². The number of carbonyl (C=O) groups excluding carboxylic acids is 1. The van der Waals surface area contributed by atoms with Gasteiger partial charge in [-0.25, -0.2) is 5.10 Å². The van der Waals surface area contributed by atoms with E-state index in [4.69, 9.17) is 10.3 Å². The van der Waals surface area contributed by atoms with E-state index in [1.54, 1.807) is 30.4 Å². The average molecular weight is 345 g/mol. The first kappa shape index (κ1) is 16.0. The van der Waals surface area contributed by atoms with Crippen LogP contribution >= 0.6 is 11.8 Å². The monoisotopic (exact) mass is 345 g/mol. The summed E-state index contributed by atoms with van der Waals surface area (Å²) >= 11 is 1.21. The zero-order valence-electron chi connectivity index (χ0n) is 12.8. The third-order valence-corrected chi connectivity index (χ3v) is 3.97. The van der Waals surface area contributed by atoms with Crippen LogP contribution in [0.2, 0.25) is 0 Å². The maximum atomic E-state index is 12.1. The zero-order chi connectivity index (χ0) is 16.9. The Morgan fingerprint density at radius 1 is 1.50 bits per heavy atom. The van der Waals surface area contributed by atoms with Gasteiger partial charge in [-0.05, 0) is 12.1 Å². The van der Waals surface area contributed by atoms with Crippen LogP contribution in [-0.2, 0) is 11.3 Å². The molecule has 9 nitrogen and oxygen atoms in total. The number of hydrogen-bond donors (Lipinski definition) is 2. The molecule has 3 rings (SSSR count). The van der Waals surface area contributed by atoms with Crippen molar-refractivity contribution < 1.29 is 9.32 Å². The second-order valence-corrected chi connectivity index (χ2v) is 5.90. The predicted molar refractivity (Wildman–Crippen MR) is 87.7 cm³/mol. The van der Waals surface area contributed by atoms with E-state index in [1.165, 1.54) is 11.8 Å². The van der Waals surface area contributed by atoms with Gasteiger partial charge in [0.05, 0.1) is 12.3 Å². The number of nitrogen functional groups attached to an aromatic ring is 1. The smallest absolute Gasteiger partial charge is 0.233 e. The van der Waals surface area contributed by atoms with Gasteiger partial charge in [-0.1, -0.05) is 16.9 Å². The van der Waals surface area contributed by atoms with Crippen molar-refractivity contribution in [3.8, 4) is 11.3 Å². The standard InChI is InChI=1S/C14H15N7O2S/c1-21(12(22)8-24-14-17-13(15)18-19-14)7-10-5-11(20-23-10)9-3-2-4-16-6-9/h2-6H,7-8H2,1H3,(H3,15,17,18,19). The molecule has 3 aromatic heterocycles. The Morgan fingerprint density at radius 2 is 2.38 bits per heavy atom. The topological polar surface area (TPSA) is 127 Å². The molecule has 1 amide bonds. The van der Waals surface area contributed by atoms with Gasteiger partial charge < -0.3 is 15.2 Å². The Labute approximate surface area is 141 Å². The normalized spacial score (nSPS) is 10.7. The number of thioether (sulfide) groups is 1. The van der Waals surface area contributed by atoms with E-state index in [9.17, 15) is 4.79 Å². The first-order valence-electron chi connectivity index (χ1n) is 7.02. The fraction of sp³-hybridized carbons (Fsp3) is 0.214. The minimum absolute atomic E-state index is 0.0808. The maximum Gasteiger partial charge on any atom is 0.233 e. The molecular weight excluding hydrogens is 330 g/mol. The number of aromatic amines is 1. The van der Waals surface area contributed by atoms with Crippen LogP contribution in [0.5, 0.6) is 0 Å². The molecule has 0 saturated heterocycles. The first-order chi connectivity index (χ1) is 11.6. The molecule has 0 aromatic carbocycles. The molecule has 0 radical (unpaired) electrons. The average Bonchev–Trinajstić information content (AvgIpc) is 3.22. The summed E-state index contributed by atoms with van der Waals surface area (Å²) in [6.07, 6.45) is 3.39. The quantitative estimate of drug-likeness (QED) is 0.638. The molecule has 0 aliphatic carbocycles. The number of amides is 1. The largest absolute Gasteiger partial charge is 0.368 e. The fourth-order valence-corrected chi connectivity index (χ4v) is 2.66. The number of nitrogens with one attached hydrogen (secondary N) is 1. The SMILES string of the molecule is CN(Cc1cc(-c2cccnc2)no1)C(=O)CSc1n[nH]c(N)n1. The van der Waals surface area contributed by atoms with Gasteiger partial charge in [-0.2, -0.15) is 4.98 Å². The van der Waals surface area contributed by atoms with E-state index in [1.807, 2.05) is 12.1 Å². The van der Waals surface area contributed by atoms with Crippen LogP contribution in [0.4, 0.5) is 5.95 Å². The minimum atomic E-state index is -0.0808. The van der Waals surface area contributed by atoms with Gasteiger partial charge in [-0.3, -0.25) is 9.78 Å². The van der Waals surface area contributed by atoms with Gasteiger partial charge in [0.25, 0.3) is 0 Å². The van der Waals surface area contributed by atoms with Crippen LogP contribution in [0.1, 0.15) is 5.76 Å². The van der Waals surface area contributed by atoms with Crippen molar-refractivity contribution in [1.82, 2.24) is 30.2 Å². The molecule has 124 valence electrons. The number of nitrogens with two attached hydrogens (primary N) is 1. The summed E-state index contributed by atoms with van der Waals surface area (Å²) in [6, 6.07) is 5.51. The van der Waals surface area contributed by atoms with Crippen molar-refractivity contribution in [3.63, 3.8) is 0 Å². The Kier molecular flexibility index (Phi) is 4.75. The van der Waals surface area contributed by atoms with Crippen molar-refractivity contribution in [1.29, 1.82) is 0 Å². The number of carbonyl (C=O) groups is 1. The van der Waals surface area contributed by atoms with Gasteiger partial charge in [0.15, 0.2) is 5.76 Å². The number of pyridine rings is 1. The first-order valence-corrected chi connectivity index (χ1v) is 8.01. The summed E-state index contributed by atoms with van der Waals surface area (Å²) in [5.74, 6) is 0.944. The Morgan fingerprint density at radius 3 is 3.08 bits per heavy atom. The molecule has 0 bridgehead atoms. The third kappa shape index (κ3) is 3.90. The molecule has 3 aromatic rings. The summed E-state index contributed by atoms with van der Waals surface area (Å²) in [5, 5.41) is 10.8. The van der Waals surface area contributed by atoms with Crippen LogP contribution in [0.25, 0.3) is 11.3 Å². The molecule has 0 atom stereocenters. The number of rotatable bonds is 6. The lowest BCUT2D eigenvalue weighted by Gasteiger charge is -2.14. The molecule has 10 heteroatoms. The fourth-order valence-electron chi connectivity index (χ4n) is 1.92. The minimum Gasteiger partial charge on any atom is -0.368 e. The molecule has 0 spiro atoms. The summed E-state index contributed by atoms with van der Waals surface area (Å²) in [5.41, 5.74) is 6.98. The number of H-pyrrole nitrogens is 1. The summed E-state index contributed by atoms with van der Waals surface area (Å²) in [7, 11) is 1.70. The van der Waals surface area contributed by atoms with Gasteiger partial charge in [0.1, 0.15) is 5.69 Å². The van der Waals surface area contributed by atoms with E-state index in [0.717, 1.165) is 5.56 Å². The number of hydrogen-bond acceptors (Lipinski definition) is 8. The molecule has 0 aliphatic heterocycles. The highest BCUT2D eigenvalue weighted by molar-refractivity contribution is 7.99. The van der Waals surface area contributed by atoms with Crippen molar-refractivity contribution in [2.75, 3.05) is 18.5 Å². The lowest BCUT2D eigenvalue weighted by Crippen LogP contribution is -2.27. The van der Waals surface area contributed by atoms with Gasteiger partial charge in [-0.15, -0.1) is 5.10 Å². The molecule has 3 N–H and O–H groups in total. The highest BCUT2D eigenvalue weighted by Crippen LogP contribution is 2.19. The van der Waals surface area contributed by atoms with E-state index >= 15 is 0 Å².